The van der Waals surface area contributed by atoms with Gasteiger partial charge in [-0.2, -0.15) is 0 Å². The van der Waals surface area contributed by atoms with Crippen molar-refractivity contribution in [3.05, 3.63) is 0 Å². The third-order valence-electron chi connectivity index (χ3n) is 5.86. The molecule has 1 N–H and O–H groups in total. The van der Waals surface area contributed by atoms with Crippen molar-refractivity contribution >= 4 is 0 Å². The quantitative estimate of drug-likeness (QED) is 0.774. The van der Waals surface area contributed by atoms with Crippen LogP contribution in [0.4, 0.5) is 0 Å². The van der Waals surface area contributed by atoms with Gasteiger partial charge in [-0.05, 0) is 38.1 Å². The molecule has 2 rings (SSSR count). The van der Waals surface area contributed by atoms with Gasteiger partial charge >= 0.3 is 0 Å². The number of rotatable bonds is 7. The van der Waals surface area contributed by atoms with E-state index in [0.29, 0.717) is 5.41 Å². The summed E-state index contributed by atoms with van der Waals surface area (Å²) < 4.78 is 0. The minimum atomic E-state index is 0.476. The maximum absolute atomic E-state index is 3.42. The lowest BCUT2D eigenvalue weighted by Crippen LogP contribution is -2.53. The maximum Gasteiger partial charge on any atom is 0.0113 e. The van der Waals surface area contributed by atoms with Gasteiger partial charge in [-0.3, -0.25) is 4.90 Å². The fourth-order valence-corrected chi connectivity index (χ4v) is 4.18. The van der Waals surface area contributed by atoms with E-state index in [2.05, 4.69) is 36.0 Å². The minimum absolute atomic E-state index is 0.476. The predicted octanol–water partition coefficient (Wildman–Crippen LogP) is 2.57. The molecule has 3 heteroatoms. The van der Waals surface area contributed by atoms with Gasteiger partial charge in [0.15, 0.2) is 0 Å². The monoisotopic (exact) mass is 281 g/mol. The number of nitrogens with zero attached hydrogens (tertiary/aromatic N) is 2. The minimum Gasteiger partial charge on any atom is -0.319 e. The molecule has 0 aromatic heterocycles. The predicted molar refractivity (Wildman–Crippen MR) is 87.2 cm³/mol. The molecule has 118 valence electrons. The number of hydrogen-bond acceptors (Lipinski definition) is 3. The summed E-state index contributed by atoms with van der Waals surface area (Å²) in [6.45, 7) is 12.3. The molecule has 0 atom stereocenters. The van der Waals surface area contributed by atoms with Gasteiger partial charge in [-0.25, -0.2) is 0 Å². The van der Waals surface area contributed by atoms with E-state index in [9.17, 15) is 0 Å². The zero-order chi connectivity index (χ0) is 14.4. The average Bonchev–Trinajstić information content (AvgIpc) is 3.02. The van der Waals surface area contributed by atoms with Crippen LogP contribution in [0.5, 0.6) is 0 Å². The Hall–Kier alpha value is -0.120. The van der Waals surface area contributed by atoms with Crippen molar-refractivity contribution in [3.63, 3.8) is 0 Å². The van der Waals surface area contributed by atoms with Crippen molar-refractivity contribution in [3.8, 4) is 0 Å². The lowest BCUT2D eigenvalue weighted by atomic mass is 9.81. The van der Waals surface area contributed by atoms with E-state index in [1.54, 1.807) is 0 Å². The van der Waals surface area contributed by atoms with Crippen LogP contribution < -0.4 is 5.32 Å². The van der Waals surface area contributed by atoms with Crippen LogP contribution in [0.2, 0.25) is 0 Å². The highest BCUT2D eigenvalue weighted by molar-refractivity contribution is 4.87. The molecule has 0 aromatic rings. The van der Waals surface area contributed by atoms with Crippen LogP contribution >= 0.6 is 0 Å². The molecule has 0 amide bonds. The van der Waals surface area contributed by atoms with E-state index < -0.39 is 0 Å². The van der Waals surface area contributed by atoms with Crippen molar-refractivity contribution in [2.75, 3.05) is 46.3 Å². The summed E-state index contributed by atoms with van der Waals surface area (Å²) >= 11 is 0. The molecule has 2 aliphatic rings. The highest BCUT2D eigenvalue weighted by Crippen LogP contribution is 2.28. The zero-order valence-corrected chi connectivity index (χ0v) is 14.0. The molecule has 1 aliphatic heterocycles. The first-order valence-corrected chi connectivity index (χ1v) is 8.84. The summed E-state index contributed by atoms with van der Waals surface area (Å²) in [5, 5.41) is 3.42. The van der Waals surface area contributed by atoms with Crippen LogP contribution in [0.15, 0.2) is 0 Å². The van der Waals surface area contributed by atoms with Crippen LogP contribution in [0.3, 0.4) is 0 Å². The van der Waals surface area contributed by atoms with E-state index in [0.717, 1.165) is 12.6 Å². The Morgan fingerprint density at radius 3 is 2.10 bits per heavy atom. The van der Waals surface area contributed by atoms with E-state index in [1.807, 2.05) is 0 Å². The Kier molecular flexibility index (Phi) is 6.31. The fraction of sp³-hybridized carbons (Fsp3) is 1.00. The fourth-order valence-electron chi connectivity index (χ4n) is 4.18. The zero-order valence-electron chi connectivity index (χ0n) is 14.0. The Morgan fingerprint density at radius 2 is 1.60 bits per heavy atom. The standard InChI is InChI=1S/C17H35N3/c1-4-17(5-2,14-18-3)15-19-10-12-20(13-11-19)16-8-6-7-9-16/h16,18H,4-15H2,1-3H3. The van der Waals surface area contributed by atoms with Gasteiger partial charge in [0.25, 0.3) is 0 Å². The van der Waals surface area contributed by atoms with Crippen LogP contribution in [0, 0.1) is 5.41 Å². The van der Waals surface area contributed by atoms with Crippen LogP contribution in [0.25, 0.3) is 0 Å². The van der Waals surface area contributed by atoms with Crippen molar-refractivity contribution in [2.45, 2.75) is 58.4 Å². The van der Waals surface area contributed by atoms with Gasteiger partial charge in [0, 0.05) is 45.3 Å². The van der Waals surface area contributed by atoms with Crippen LogP contribution in [-0.2, 0) is 0 Å². The molecular weight excluding hydrogens is 246 g/mol. The van der Waals surface area contributed by atoms with Crippen LogP contribution in [-0.4, -0.2) is 62.2 Å². The largest absolute Gasteiger partial charge is 0.319 e. The van der Waals surface area contributed by atoms with E-state index in [4.69, 9.17) is 0 Å². The summed E-state index contributed by atoms with van der Waals surface area (Å²) in [5.74, 6) is 0. The van der Waals surface area contributed by atoms with E-state index in [-0.39, 0.29) is 0 Å². The first kappa shape index (κ1) is 16.3. The van der Waals surface area contributed by atoms with Crippen molar-refractivity contribution < 1.29 is 0 Å². The van der Waals surface area contributed by atoms with Crippen molar-refractivity contribution in [1.82, 2.24) is 15.1 Å². The third kappa shape index (κ3) is 3.96. The first-order valence-electron chi connectivity index (χ1n) is 8.84. The van der Waals surface area contributed by atoms with E-state index in [1.165, 1.54) is 71.2 Å². The summed E-state index contributed by atoms with van der Waals surface area (Å²) in [5.41, 5.74) is 0.476. The third-order valence-corrected chi connectivity index (χ3v) is 5.86. The van der Waals surface area contributed by atoms with Crippen molar-refractivity contribution in [1.29, 1.82) is 0 Å². The molecule has 1 saturated carbocycles. The Labute approximate surface area is 126 Å². The van der Waals surface area contributed by atoms with Gasteiger partial charge < -0.3 is 10.2 Å². The normalized spacial score (nSPS) is 23.6. The number of hydrogen-bond donors (Lipinski definition) is 1. The highest BCUT2D eigenvalue weighted by atomic mass is 15.3. The summed E-state index contributed by atoms with van der Waals surface area (Å²) in [7, 11) is 2.10. The van der Waals surface area contributed by atoms with Gasteiger partial charge in [0.1, 0.15) is 0 Å². The molecule has 0 unspecified atom stereocenters. The molecule has 1 heterocycles. The summed E-state index contributed by atoms with van der Waals surface area (Å²) in [6, 6.07) is 0.913. The maximum atomic E-state index is 3.42. The highest BCUT2D eigenvalue weighted by Gasteiger charge is 2.31. The van der Waals surface area contributed by atoms with Crippen molar-refractivity contribution in [2.24, 2.45) is 5.41 Å². The topological polar surface area (TPSA) is 18.5 Å². The lowest BCUT2D eigenvalue weighted by molar-refractivity contribution is 0.0605. The Morgan fingerprint density at radius 1 is 1.00 bits per heavy atom. The second-order valence-corrected chi connectivity index (χ2v) is 6.99. The number of piperazine rings is 1. The molecule has 0 bridgehead atoms. The molecule has 1 aliphatic carbocycles. The lowest BCUT2D eigenvalue weighted by Gasteiger charge is -2.43. The molecule has 3 nitrogen and oxygen atoms in total. The molecular formula is C17H35N3. The second-order valence-electron chi connectivity index (χ2n) is 6.99. The van der Waals surface area contributed by atoms with Gasteiger partial charge in [0.2, 0.25) is 0 Å². The molecule has 0 spiro atoms. The SMILES string of the molecule is CCC(CC)(CNC)CN1CCN(C2CCCC2)CC1. The average molecular weight is 281 g/mol. The molecule has 2 fully saturated rings. The molecule has 0 aromatic carbocycles. The molecule has 1 saturated heterocycles. The number of nitrogens with one attached hydrogen (secondary N) is 1. The summed E-state index contributed by atoms with van der Waals surface area (Å²) in [4.78, 5) is 5.48. The molecule has 0 radical (unpaired) electrons. The smallest absolute Gasteiger partial charge is 0.0113 e. The van der Waals surface area contributed by atoms with Crippen LogP contribution in [0.1, 0.15) is 52.4 Å². The van der Waals surface area contributed by atoms with Gasteiger partial charge in [-0.1, -0.05) is 26.7 Å². The first-order chi connectivity index (χ1) is 9.73. The molecule has 20 heavy (non-hydrogen) atoms. The Bertz CT molecular complexity index is 261. The Balaban J connectivity index is 1.80. The van der Waals surface area contributed by atoms with E-state index >= 15 is 0 Å². The summed E-state index contributed by atoms with van der Waals surface area (Å²) in [6.07, 6.45) is 8.39. The van der Waals surface area contributed by atoms with Gasteiger partial charge in [-0.15, -0.1) is 0 Å². The second kappa shape index (κ2) is 7.77. The van der Waals surface area contributed by atoms with Gasteiger partial charge in [0.05, 0.1) is 0 Å².